The topological polar surface area (TPSA) is 68.5 Å². The molecule has 8 heteroatoms. The predicted molar refractivity (Wildman–Crippen MR) is 92.1 cm³/mol. The third kappa shape index (κ3) is 5.10. The number of ether oxygens (including phenoxy) is 1. The smallest absolute Gasteiger partial charge is 0.264 e. The van der Waals surface area contributed by atoms with Crippen LogP contribution in [0.5, 0.6) is 5.75 Å². The van der Waals surface area contributed by atoms with E-state index in [4.69, 9.17) is 9.26 Å². The van der Waals surface area contributed by atoms with E-state index in [1.54, 1.807) is 7.05 Å². The van der Waals surface area contributed by atoms with E-state index in [1.165, 1.54) is 53.4 Å². The van der Waals surface area contributed by atoms with Gasteiger partial charge in [-0.2, -0.15) is 4.98 Å². The first-order valence-corrected chi connectivity index (χ1v) is 8.22. The lowest BCUT2D eigenvalue weighted by atomic mass is 10.2. The lowest BCUT2D eigenvalue weighted by Crippen LogP contribution is -2.29. The van der Waals surface area contributed by atoms with Crippen LogP contribution in [0.25, 0.3) is 0 Å². The summed E-state index contributed by atoms with van der Waals surface area (Å²) in [4.78, 5) is 18.0. The van der Waals surface area contributed by atoms with Gasteiger partial charge < -0.3 is 14.2 Å². The molecule has 0 spiro atoms. The molecule has 0 saturated heterocycles. The number of hydrogen-bond donors (Lipinski definition) is 0. The van der Waals surface area contributed by atoms with Crippen molar-refractivity contribution in [3.05, 3.63) is 77.4 Å². The van der Waals surface area contributed by atoms with E-state index >= 15 is 0 Å². The molecule has 6 nitrogen and oxygen atoms in total. The van der Waals surface area contributed by atoms with E-state index in [0.717, 1.165) is 0 Å². The molecule has 27 heavy (non-hydrogen) atoms. The zero-order valence-corrected chi connectivity index (χ0v) is 14.6. The fourth-order valence-electron chi connectivity index (χ4n) is 2.31. The van der Waals surface area contributed by atoms with E-state index in [0.29, 0.717) is 30.1 Å². The Balaban J connectivity index is 1.49. The lowest BCUT2D eigenvalue weighted by molar-refractivity contribution is 0.0795. The van der Waals surface area contributed by atoms with Gasteiger partial charge in [0.1, 0.15) is 17.4 Å². The van der Waals surface area contributed by atoms with Crippen molar-refractivity contribution in [2.45, 2.75) is 13.0 Å². The van der Waals surface area contributed by atoms with E-state index in [9.17, 15) is 13.6 Å². The first-order valence-electron chi connectivity index (χ1n) is 8.22. The van der Waals surface area contributed by atoms with Gasteiger partial charge in [0.05, 0.1) is 0 Å². The standard InChI is InChI=1S/C19H17F2N3O3/c1-24(19(25)13-2-4-14(20)5-3-13)11-10-17-22-18(27-23-17)12-26-16-8-6-15(21)7-9-16/h2-9H,10-12H2,1H3. The molecule has 0 aliphatic heterocycles. The molecule has 140 valence electrons. The molecule has 0 unspecified atom stereocenters. The molecule has 0 N–H and O–H groups in total. The number of halogens is 2. The highest BCUT2D eigenvalue weighted by atomic mass is 19.1. The van der Waals surface area contributed by atoms with Crippen molar-refractivity contribution < 1.29 is 22.8 Å². The first-order chi connectivity index (χ1) is 13.0. The Morgan fingerprint density at radius 2 is 1.70 bits per heavy atom. The van der Waals surface area contributed by atoms with Crippen LogP contribution < -0.4 is 4.74 Å². The second-order valence-electron chi connectivity index (χ2n) is 5.83. The number of carbonyl (C=O) groups excluding carboxylic acids is 1. The van der Waals surface area contributed by atoms with Crippen molar-refractivity contribution >= 4 is 5.91 Å². The Morgan fingerprint density at radius 1 is 1.07 bits per heavy atom. The molecule has 0 aliphatic carbocycles. The second-order valence-corrected chi connectivity index (χ2v) is 5.83. The van der Waals surface area contributed by atoms with Gasteiger partial charge in [-0.25, -0.2) is 8.78 Å². The Morgan fingerprint density at radius 3 is 2.37 bits per heavy atom. The number of likely N-dealkylation sites (N-methyl/N-ethyl adjacent to an activating group) is 1. The zero-order chi connectivity index (χ0) is 19.2. The Bertz CT molecular complexity index is 895. The van der Waals surface area contributed by atoms with E-state index in [-0.39, 0.29) is 24.2 Å². The summed E-state index contributed by atoms with van der Waals surface area (Å²) in [6.07, 6.45) is 0.392. The highest BCUT2D eigenvalue weighted by Gasteiger charge is 2.14. The quantitative estimate of drug-likeness (QED) is 0.636. The van der Waals surface area contributed by atoms with Gasteiger partial charge >= 0.3 is 0 Å². The minimum absolute atomic E-state index is 0.0585. The Labute approximate surface area is 154 Å². The molecule has 1 aromatic heterocycles. The van der Waals surface area contributed by atoms with Crippen molar-refractivity contribution in [3.63, 3.8) is 0 Å². The molecule has 3 rings (SSSR count). The average Bonchev–Trinajstić information content (AvgIpc) is 3.13. The largest absolute Gasteiger partial charge is 0.484 e. The zero-order valence-electron chi connectivity index (χ0n) is 14.6. The molecule has 3 aromatic rings. The molecular formula is C19H17F2N3O3. The molecule has 1 heterocycles. The maximum absolute atomic E-state index is 12.9. The number of rotatable bonds is 7. The summed E-state index contributed by atoms with van der Waals surface area (Å²) in [5.41, 5.74) is 0.403. The van der Waals surface area contributed by atoms with Gasteiger partial charge in [0.15, 0.2) is 12.4 Å². The Kier molecular flexibility index (Phi) is 5.75. The molecule has 2 aromatic carbocycles. The summed E-state index contributed by atoms with van der Waals surface area (Å²) in [6, 6.07) is 11.0. The third-order valence-corrected chi connectivity index (χ3v) is 3.79. The summed E-state index contributed by atoms with van der Waals surface area (Å²) >= 11 is 0. The molecule has 1 amide bonds. The van der Waals surface area contributed by atoms with Crippen LogP contribution in [-0.2, 0) is 13.0 Å². The van der Waals surface area contributed by atoms with Crippen molar-refractivity contribution in [2.24, 2.45) is 0 Å². The van der Waals surface area contributed by atoms with Crippen molar-refractivity contribution in [3.8, 4) is 5.75 Å². The van der Waals surface area contributed by atoms with E-state index in [1.807, 2.05) is 0 Å². The number of aromatic nitrogens is 2. The monoisotopic (exact) mass is 373 g/mol. The van der Waals surface area contributed by atoms with Gasteiger partial charge in [-0.1, -0.05) is 5.16 Å². The normalized spacial score (nSPS) is 10.6. The summed E-state index contributed by atoms with van der Waals surface area (Å²) in [5.74, 6) is 0.241. The van der Waals surface area contributed by atoms with Crippen LogP contribution in [0.1, 0.15) is 22.1 Å². The van der Waals surface area contributed by atoms with Crippen molar-refractivity contribution in [1.82, 2.24) is 15.0 Å². The van der Waals surface area contributed by atoms with Gasteiger partial charge in [0.2, 0.25) is 0 Å². The average molecular weight is 373 g/mol. The van der Waals surface area contributed by atoms with Gasteiger partial charge in [0, 0.05) is 25.6 Å². The highest BCUT2D eigenvalue weighted by Crippen LogP contribution is 2.13. The van der Waals surface area contributed by atoms with Gasteiger partial charge in [-0.3, -0.25) is 4.79 Å². The van der Waals surface area contributed by atoms with Gasteiger partial charge in [-0.05, 0) is 48.5 Å². The number of amides is 1. The molecular weight excluding hydrogens is 356 g/mol. The van der Waals surface area contributed by atoms with Crippen LogP contribution >= 0.6 is 0 Å². The fourth-order valence-corrected chi connectivity index (χ4v) is 2.31. The predicted octanol–water partition coefficient (Wildman–Crippen LogP) is 3.24. The molecule has 0 radical (unpaired) electrons. The molecule has 0 saturated carbocycles. The number of hydrogen-bond acceptors (Lipinski definition) is 5. The minimum Gasteiger partial charge on any atom is -0.484 e. The molecule has 0 aliphatic rings. The Hall–Kier alpha value is -3.29. The molecule has 0 fully saturated rings. The number of carbonyl (C=O) groups is 1. The lowest BCUT2D eigenvalue weighted by Gasteiger charge is -2.16. The van der Waals surface area contributed by atoms with Crippen LogP contribution in [0.4, 0.5) is 8.78 Å². The van der Waals surface area contributed by atoms with Crippen LogP contribution in [0.3, 0.4) is 0 Å². The second kappa shape index (κ2) is 8.39. The van der Waals surface area contributed by atoms with E-state index < -0.39 is 5.82 Å². The molecule has 0 atom stereocenters. The SMILES string of the molecule is CN(CCc1noc(COc2ccc(F)cc2)n1)C(=O)c1ccc(F)cc1. The fraction of sp³-hybridized carbons (Fsp3) is 0.211. The maximum Gasteiger partial charge on any atom is 0.264 e. The third-order valence-electron chi connectivity index (χ3n) is 3.79. The van der Waals surface area contributed by atoms with Crippen molar-refractivity contribution in [1.29, 1.82) is 0 Å². The van der Waals surface area contributed by atoms with Crippen molar-refractivity contribution in [2.75, 3.05) is 13.6 Å². The number of benzene rings is 2. The van der Waals surface area contributed by atoms with Crippen LogP contribution in [0.2, 0.25) is 0 Å². The van der Waals surface area contributed by atoms with Crippen LogP contribution in [0.15, 0.2) is 53.1 Å². The summed E-state index contributed by atoms with van der Waals surface area (Å²) in [5, 5.41) is 3.84. The highest BCUT2D eigenvalue weighted by molar-refractivity contribution is 5.93. The van der Waals surface area contributed by atoms with E-state index in [2.05, 4.69) is 10.1 Å². The maximum atomic E-state index is 12.9. The first kappa shape index (κ1) is 18.5. The summed E-state index contributed by atoms with van der Waals surface area (Å²) in [6.45, 7) is 0.428. The van der Waals surface area contributed by atoms with Crippen LogP contribution in [-0.4, -0.2) is 34.5 Å². The minimum atomic E-state index is -0.392. The summed E-state index contributed by atoms with van der Waals surface area (Å²) in [7, 11) is 1.64. The van der Waals surface area contributed by atoms with Gasteiger partial charge in [0.25, 0.3) is 11.8 Å². The summed E-state index contributed by atoms with van der Waals surface area (Å²) < 4.78 is 36.3. The number of nitrogens with zero attached hydrogens (tertiary/aromatic N) is 3. The van der Waals surface area contributed by atoms with Gasteiger partial charge in [-0.15, -0.1) is 0 Å². The molecule has 0 bridgehead atoms. The van der Waals surface area contributed by atoms with Crippen LogP contribution in [0, 0.1) is 11.6 Å².